The Morgan fingerprint density at radius 1 is 1.16 bits per heavy atom. The molecule has 1 aliphatic carbocycles. The standard InChI is InChI=1S/C24H37N5O2/c1-27(2)23(30)16-26-24(25-15-18-6-10-21(31-3)11-7-18)28-14-12-22-19(17-28)5-4-13-29(22)20-8-9-20/h6-7,10-11,19-20,22H,4-5,8-9,12-17H2,1-3H3,(H,25,26). The predicted octanol–water partition coefficient (Wildman–Crippen LogP) is 2.18. The van der Waals surface area contributed by atoms with Gasteiger partial charge in [0.2, 0.25) is 5.91 Å². The first-order valence-electron chi connectivity index (χ1n) is 11.7. The maximum absolute atomic E-state index is 12.2. The number of guanidine groups is 1. The number of carbonyl (C=O) groups excluding carboxylic acids is 1. The molecule has 2 unspecified atom stereocenters. The number of likely N-dealkylation sites (N-methyl/N-ethyl adjacent to an activating group) is 1. The average Bonchev–Trinajstić information content (AvgIpc) is 3.64. The maximum Gasteiger partial charge on any atom is 0.241 e. The van der Waals surface area contributed by atoms with Crippen LogP contribution in [0, 0.1) is 5.92 Å². The molecule has 1 aromatic rings. The number of methoxy groups -OCH3 is 1. The van der Waals surface area contributed by atoms with Gasteiger partial charge in [-0.25, -0.2) is 4.99 Å². The van der Waals surface area contributed by atoms with Gasteiger partial charge in [-0.05, 0) is 62.3 Å². The summed E-state index contributed by atoms with van der Waals surface area (Å²) in [6, 6.07) is 9.60. The monoisotopic (exact) mass is 427 g/mol. The molecule has 1 amide bonds. The molecule has 0 bridgehead atoms. The van der Waals surface area contributed by atoms with Crippen molar-refractivity contribution >= 4 is 11.9 Å². The van der Waals surface area contributed by atoms with Gasteiger partial charge in [0.25, 0.3) is 0 Å². The third-order valence-corrected chi connectivity index (χ3v) is 6.89. The van der Waals surface area contributed by atoms with E-state index in [-0.39, 0.29) is 12.5 Å². The lowest BCUT2D eigenvalue weighted by Gasteiger charge is -2.48. The summed E-state index contributed by atoms with van der Waals surface area (Å²) < 4.78 is 5.25. The highest BCUT2D eigenvalue weighted by Gasteiger charge is 2.42. The van der Waals surface area contributed by atoms with Crippen LogP contribution in [0.3, 0.4) is 0 Å². The van der Waals surface area contributed by atoms with Crippen molar-refractivity contribution in [3.63, 3.8) is 0 Å². The van der Waals surface area contributed by atoms with E-state index in [1.54, 1.807) is 26.1 Å². The van der Waals surface area contributed by atoms with Crippen LogP contribution in [0.15, 0.2) is 29.3 Å². The second kappa shape index (κ2) is 9.90. The zero-order chi connectivity index (χ0) is 21.8. The number of benzene rings is 1. The van der Waals surface area contributed by atoms with Crippen LogP contribution < -0.4 is 10.1 Å². The van der Waals surface area contributed by atoms with E-state index in [1.165, 1.54) is 38.6 Å². The Morgan fingerprint density at radius 2 is 1.94 bits per heavy atom. The van der Waals surface area contributed by atoms with Gasteiger partial charge in [-0.2, -0.15) is 0 Å². The molecule has 7 heteroatoms. The molecule has 170 valence electrons. The van der Waals surface area contributed by atoms with Gasteiger partial charge in [-0.3, -0.25) is 9.69 Å². The van der Waals surface area contributed by atoms with Crippen LogP contribution in [-0.4, -0.2) is 86.0 Å². The smallest absolute Gasteiger partial charge is 0.241 e. The van der Waals surface area contributed by atoms with Gasteiger partial charge >= 0.3 is 0 Å². The minimum Gasteiger partial charge on any atom is -0.497 e. The Balaban J connectivity index is 1.44. The van der Waals surface area contributed by atoms with Crippen LogP contribution in [0.25, 0.3) is 0 Å². The number of piperidine rings is 2. The van der Waals surface area contributed by atoms with Crippen molar-refractivity contribution < 1.29 is 9.53 Å². The molecule has 3 aliphatic rings. The van der Waals surface area contributed by atoms with Gasteiger partial charge in [-0.1, -0.05) is 12.1 Å². The van der Waals surface area contributed by atoms with Crippen LogP contribution in [0.2, 0.25) is 0 Å². The number of aliphatic imine (C=N–C) groups is 1. The molecule has 3 fully saturated rings. The molecule has 0 radical (unpaired) electrons. The van der Waals surface area contributed by atoms with E-state index >= 15 is 0 Å². The van der Waals surface area contributed by atoms with Crippen molar-refractivity contribution in [2.24, 2.45) is 10.9 Å². The zero-order valence-electron chi connectivity index (χ0n) is 19.2. The van der Waals surface area contributed by atoms with E-state index in [4.69, 9.17) is 9.73 Å². The molecule has 2 aliphatic heterocycles. The Labute approximate surface area is 186 Å². The molecule has 0 spiro atoms. The number of carbonyl (C=O) groups is 1. The highest BCUT2D eigenvalue weighted by molar-refractivity contribution is 5.86. The molecule has 2 atom stereocenters. The highest BCUT2D eigenvalue weighted by atomic mass is 16.5. The molecule has 1 N–H and O–H groups in total. The van der Waals surface area contributed by atoms with Crippen molar-refractivity contribution in [2.45, 2.75) is 50.7 Å². The fourth-order valence-corrected chi connectivity index (χ4v) is 4.97. The molecule has 2 heterocycles. The normalized spacial score (nSPS) is 24.5. The lowest BCUT2D eigenvalue weighted by atomic mass is 9.83. The van der Waals surface area contributed by atoms with Gasteiger partial charge < -0.3 is 19.9 Å². The number of rotatable bonds is 6. The summed E-state index contributed by atoms with van der Waals surface area (Å²) in [6.07, 6.45) is 6.56. The third-order valence-electron chi connectivity index (χ3n) is 6.89. The van der Waals surface area contributed by atoms with E-state index < -0.39 is 0 Å². The molecule has 2 saturated heterocycles. The van der Waals surface area contributed by atoms with E-state index in [1.807, 2.05) is 24.3 Å². The van der Waals surface area contributed by atoms with Gasteiger partial charge in [0.15, 0.2) is 5.96 Å². The number of likely N-dealkylation sites (tertiary alicyclic amines) is 2. The molecule has 4 rings (SSSR count). The van der Waals surface area contributed by atoms with E-state index in [0.29, 0.717) is 12.5 Å². The summed E-state index contributed by atoms with van der Waals surface area (Å²) in [5, 5.41) is 3.35. The number of nitrogens with zero attached hydrogens (tertiary/aromatic N) is 4. The van der Waals surface area contributed by atoms with Gasteiger partial charge in [-0.15, -0.1) is 0 Å². The number of hydrogen-bond donors (Lipinski definition) is 1. The first-order chi connectivity index (χ1) is 15.0. The fourth-order valence-electron chi connectivity index (χ4n) is 4.97. The molecule has 0 aromatic heterocycles. The number of ether oxygens (including phenoxy) is 1. The lowest BCUT2D eigenvalue weighted by Crippen LogP contribution is -2.57. The quantitative estimate of drug-likeness (QED) is 0.557. The van der Waals surface area contributed by atoms with Crippen molar-refractivity contribution in [3.05, 3.63) is 29.8 Å². The minimum absolute atomic E-state index is 0.0598. The zero-order valence-corrected chi connectivity index (χ0v) is 19.2. The van der Waals surface area contributed by atoms with E-state index in [0.717, 1.165) is 42.4 Å². The van der Waals surface area contributed by atoms with Crippen molar-refractivity contribution in [2.75, 3.05) is 47.4 Å². The fraction of sp³-hybridized carbons (Fsp3) is 0.667. The van der Waals surface area contributed by atoms with Crippen molar-refractivity contribution in [1.82, 2.24) is 20.0 Å². The maximum atomic E-state index is 12.2. The summed E-state index contributed by atoms with van der Waals surface area (Å²) in [6.45, 7) is 4.15. The number of amides is 1. The molecule has 1 aromatic carbocycles. The first-order valence-corrected chi connectivity index (χ1v) is 11.7. The topological polar surface area (TPSA) is 60.4 Å². The Kier molecular flexibility index (Phi) is 7.00. The van der Waals surface area contributed by atoms with Crippen LogP contribution in [0.4, 0.5) is 0 Å². The van der Waals surface area contributed by atoms with Crippen molar-refractivity contribution in [1.29, 1.82) is 0 Å². The summed E-state index contributed by atoms with van der Waals surface area (Å²) in [4.78, 5) is 23.9. The molecular weight excluding hydrogens is 390 g/mol. The second-order valence-corrected chi connectivity index (χ2v) is 9.30. The average molecular weight is 428 g/mol. The van der Waals surface area contributed by atoms with Gasteiger partial charge in [0, 0.05) is 39.3 Å². The van der Waals surface area contributed by atoms with Crippen LogP contribution in [0.5, 0.6) is 5.75 Å². The molecule has 1 saturated carbocycles. The Hall–Kier alpha value is -2.28. The summed E-state index contributed by atoms with van der Waals surface area (Å²) in [5.41, 5.74) is 1.13. The second-order valence-electron chi connectivity index (χ2n) is 9.30. The van der Waals surface area contributed by atoms with Gasteiger partial charge in [0.1, 0.15) is 5.75 Å². The van der Waals surface area contributed by atoms with E-state index in [2.05, 4.69) is 15.1 Å². The number of fused-ring (bicyclic) bond motifs is 1. The molecule has 31 heavy (non-hydrogen) atoms. The Bertz CT molecular complexity index is 775. The minimum atomic E-state index is 0.0598. The van der Waals surface area contributed by atoms with Crippen LogP contribution in [-0.2, 0) is 11.3 Å². The number of nitrogens with one attached hydrogen (secondary N) is 1. The van der Waals surface area contributed by atoms with Crippen LogP contribution >= 0.6 is 0 Å². The highest BCUT2D eigenvalue weighted by Crippen LogP contribution is 2.38. The first kappa shape index (κ1) is 21.9. The summed E-state index contributed by atoms with van der Waals surface area (Å²) >= 11 is 0. The summed E-state index contributed by atoms with van der Waals surface area (Å²) in [5.74, 6) is 2.46. The SMILES string of the molecule is COc1ccc(CN=C(NCC(=O)N(C)C)N2CCC3C(CCCN3C3CC3)C2)cc1. The predicted molar refractivity (Wildman–Crippen MR) is 123 cm³/mol. The van der Waals surface area contributed by atoms with Gasteiger partial charge in [0.05, 0.1) is 20.2 Å². The molecular formula is C24H37N5O2. The van der Waals surface area contributed by atoms with Crippen molar-refractivity contribution in [3.8, 4) is 5.75 Å². The van der Waals surface area contributed by atoms with E-state index in [9.17, 15) is 4.79 Å². The lowest BCUT2D eigenvalue weighted by molar-refractivity contribution is -0.127. The largest absolute Gasteiger partial charge is 0.497 e. The number of hydrogen-bond acceptors (Lipinski definition) is 4. The Morgan fingerprint density at radius 3 is 2.61 bits per heavy atom. The molecule has 7 nitrogen and oxygen atoms in total. The third kappa shape index (κ3) is 5.50. The van der Waals surface area contributed by atoms with Crippen LogP contribution in [0.1, 0.15) is 37.7 Å². The summed E-state index contributed by atoms with van der Waals surface area (Å²) in [7, 11) is 5.26.